The van der Waals surface area contributed by atoms with Gasteiger partial charge in [-0.1, -0.05) is 47.5 Å². The summed E-state index contributed by atoms with van der Waals surface area (Å²) >= 11 is 12.1. The molecule has 1 aliphatic heterocycles. The highest BCUT2D eigenvalue weighted by atomic mass is 35.5. The lowest BCUT2D eigenvalue weighted by Gasteiger charge is -2.27. The Hall–Kier alpha value is -3.31. The molecule has 0 radical (unpaired) electrons. The summed E-state index contributed by atoms with van der Waals surface area (Å²) in [5.74, 6) is 5.82. The molecule has 0 fully saturated rings. The van der Waals surface area contributed by atoms with E-state index in [4.69, 9.17) is 38.8 Å². The normalized spacial score (nSPS) is 16.8. The number of amides is 1. The van der Waals surface area contributed by atoms with Crippen molar-refractivity contribution in [2.45, 2.75) is 32.1 Å². The molecule has 4 rings (SSSR count). The van der Waals surface area contributed by atoms with Gasteiger partial charge in [0.15, 0.2) is 0 Å². The molecule has 0 saturated heterocycles. The molecule has 0 aromatic heterocycles. The van der Waals surface area contributed by atoms with Crippen LogP contribution in [0.3, 0.4) is 0 Å². The van der Waals surface area contributed by atoms with E-state index in [1.165, 1.54) is 6.07 Å². The van der Waals surface area contributed by atoms with Crippen molar-refractivity contribution in [1.29, 1.82) is 0 Å². The maximum atomic E-state index is 13.3. The number of hydrogen-bond acceptors (Lipinski definition) is 4. The molecule has 3 aromatic carbocycles. The smallest absolute Gasteiger partial charge is 0.416 e. The van der Waals surface area contributed by atoms with Crippen molar-refractivity contribution in [2.75, 3.05) is 13.2 Å². The van der Waals surface area contributed by atoms with E-state index in [0.717, 1.165) is 17.0 Å². The summed E-state index contributed by atoms with van der Waals surface area (Å²) in [6.07, 6.45) is -5.91. The van der Waals surface area contributed by atoms with E-state index in [0.29, 0.717) is 27.8 Å². The van der Waals surface area contributed by atoms with Crippen LogP contribution in [0.2, 0.25) is 10.0 Å². The maximum absolute atomic E-state index is 13.3. The largest absolute Gasteiger partial charge is 0.550 e. The van der Waals surface area contributed by atoms with Crippen molar-refractivity contribution in [3.05, 3.63) is 105 Å². The van der Waals surface area contributed by atoms with Crippen LogP contribution < -0.4 is 4.74 Å². The number of amidine groups is 1. The fourth-order valence-electron chi connectivity index (χ4n) is 4.01. The molecule has 2 unspecified atom stereocenters. The second kappa shape index (κ2) is 13.2. The number of carboxylic acid groups (broad SMARTS) is 1. The molecule has 0 aliphatic carbocycles. The molecule has 12 heteroatoms. The van der Waals surface area contributed by atoms with E-state index in [1.807, 2.05) is 0 Å². The van der Waals surface area contributed by atoms with Gasteiger partial charge in [-0.15, -0.1) is 0 Å². The zero-order chi connectivity index (χ0) is 28.7. The topological polar surface area (TPSA) is 95.2 Å². The Balaban J connectivity index is 0.000000983. The summed E-state index contributed by atoms with van der Waals surface area (Å²) in [5.41, 5.74) is 0.521. The minimum Gasteiger partial charge on any atom is -0.550 e. The first-order chi connectivity index (χ1) is 18.5. The van der Waals surface area contributed by atoms with Crippen LogP contribution in [0.25, 0.3) is 5.90 Å². The molecule has 39 heavy (non-hydrogen) atoms. The molecular weight excluding hydrogens is 558 g/mol. The molecule has 1 aliphatic rings. The third kappa shape index (κ3) is 7.21. The van der Waals surface area contributed by atoms with Gasteiger partial charge in [-0.05, 0) is 67.4 Å². The highest BCUT2D eigenvalue weighted by Gasteiger charge is 2.43. The Bertz CT molecular complexity index is 1300. The van der Waals surface area contributed by atoms with Gasteiger partial charge in [0.25, 0.3) is 0 Å². The third-order valence-corrected chi connectivity index (χ3v) is 6.19. The van der Waals surface area contributed by atoms with Crippen molar-refractivity contribution >= 4 is 35.1 Å². The average molecular weight is 583 g/mol. The molecule has 1 heterocycles. The number of halogens is 5. The highest BCUT2D eigenvalue weighted by molar-refractivity contribution is 6.30. The quantitative estimate of drug-likeness (QED) is 0.294. The Morgan fingerprint density at radius 2 is 1.51 bits per heavy atom. The number of benzene rings is 3. The zero-order valence-corrected chi connectivity index (χ0v) is 22.4. The molecule has 1 amide bonds. The van der Waals surface area contributed by atoms with E-state index < -0.39 is 29.9 Å². The van der Waals surface area contributed by atoms with Gasteiger partial charge < -0.3 is 20.6 Å². The zero-order valence-electron chi connectivity index (χ0n) is 20.9. The van der Waals surface area contributed by atoms with Crippen molar-refractivity contribution in [2.24, 2.45) is 4.99 Å². The minimum atomic E-state index is -4.59. The van der Waals surface area contributed by atoms with Crippen molar-refractivity contribution in [3.8, 4) is 5.75 Å². The van der Waals surface area contributed by atoms with Crippen molar-refractivity contribution < 1.29 is 32.6 Å². The Kier molecular flexibility index (Phi) is 10.2. The number of alkyl halides is 3. The first kappa shape index (κ1) is 30.2. The van der Waals surface area contributed by atoms with Gasteiger partial charge in [-0.25, -0.2) is 4.79 Å². The van der Waals surface area contributed by atoms with E-state index in [-0.39, 0.29) is 23.8 Å². The van der Waals surface area contributed by atoms with E-state index in [9.17, 15) is 23.1 Å². The number of ether oxygens (including phenoxy) is 1. The van der Waals surface area contributed by atoms with E-state index in [2.05, 4.69) is 4.84 Å². The summed E-state index contributed by atoms with van der Waals surface area (Å²) in [6.45, 7) is 3.96. The van der Waals surface area contributed by atoms with Crippen molar-refractivity contribution in [3.63, 3.8) is 0 Å². The van der Waals surface area contributed by atoms with Gasteiger partial charge in [-0.3, -0.25) is 9.89 Å². The summed E-state index contributed by atoms with van der Waals surface area (Å²) in [4.78, 5) is 22.1. The molecule has 0 bridgehead atoms. The van der Waals surface area contributed by atoms with Gasteiger partial charge in [0.1, 0.15) is 17.6 Å². The molecular formula is C27H25Cl2F3N3O4-. The Labute approximate surface area is 233 Å². The summed E-state index contributed by atoms with van der Waals surface area (Å²) in [7, 11) is 0. The summed E-state index contributed by atoms with van der Waals surface area (Å²) in [6, 6.07) is 14.9. The highest BCUT2D eigenvalue weighted by Crippen LogP contribution is 2.45. The number of hydrogen-bond donors (Lipinski definition) is 1. The standard InChI is InChI=1S/C25H19Cl2F3N2O3.C2H6NO/c1-2-35-20-13-16(25(28,29)30)7-12-19(20)23-31-21(14-3-8-17(26)9-4-14)22(32(23)24(33)34)15-5-10-18(27)11-6-15;1-2-4-3/h3-13,21-22H,2H2,1H3,(H,33,34);3H,2H2,1H3/q;-1. The Morgan fingerprint density at radius 3 is 1.97 bits per heavy atom. The predicted octanol–water partition coefficient (Wildman–Crippen LogP) is 8.62. The lowest BCUT2D eigenvalue weighted by atomic mass is 9.94. The lowest BCUT2D eigenvalue weighted by Crippen LogP contribution is -2.37. The summed E-state index contributed by atoms with van der Waals surface area (Å²) < 4.78 is 45.5. The van der Waals surface area contributed by atoms with E-state index in [1.54, 1.807) is 62.4 Å². The minimum absolute atomic E-state index is 0.0189. The monoisotopic (exact) mass is 582 g/mol. The summed E-state index contributed by atoms with van der Waals surface area (Å²) in [5, 5.41) is 11.2. The second-order valence-corrected chi connectivity index (χ2v) is 9.05. The molecule has 208 valence electrons. The SMILES string of the molecule is CCO[NH-].CCOc1cc(C(F)(F)F)ccc1C1=NC(c2ccc(Cl)cc2)C(c2ccc(Cl)cc2)N1C(=O)O. The fraction of sp³-hybridized carbons (Fsp3) is 0.259. The van der Waals surface area contributed by atoms with Crippen LogP contribution in [0, 0.1) is 0 Å². The third-order valence-electron chi connectivity index (χ3n) is 5.69. The van der Waals surface area contributed by atoms with Crippen molar-refractivity contribution in [1.82, 2.24) is 4.90 Å². The first-order valence-corrected chi connectivity index (χ1v) is 12.5. The van der Waals surface area contributed by atoms with Gasteiger partial charge in [0.2, 0.25) is 0 Å². The number of nitrogens with zero attached hydrogens (tertiary/aromatic N) is 2. The van der Waals surface area contributed by atoms with Crippen LogP contribution in [0.15, 0.2) is 71.7 Å². The fourth-order valence-corrected chi connectivity index (χ4v) is 4.26. The van der Waals surface area contributed by atoms with E-state index >= 15 is 0 Å². The first-order valence-electron chi connectivity index (χ1n) is 11.8. The van der Waals surface area contributed by atoms with Crippen LogP contribution in [0.1, 0.15) is 48.2 Å². The number of nitrogens with one attached hydrogen (secondary N) is 1. The number of rotatable bonds is 6. The molecule has 7 nitrogen and oxygen atoms in total. The maximum Gasteiger partial charge on any atom is 0.416 e. The molecule has 2 atom stereocenters. The number of aliphatic imine (C=N–C) groups is 1. The molecule has 0 saturated carbocycles. The Morgan fingerprint density at radius 1 is 0.974 bits per heavy atom. The molecule has 2 N–H and O–H groups in total. The van der Waals surface area contributed by atoms with Crippen LogP contribution in [0.5, 0.6) is 5.75 Å². The van der Waals surface area contributed by atoms with Gasteiger partial charge >= 0.3 is 12.3 Å². The number of carbonyl (C=O) groups is 1. The van der Waals surface area contributed by atoms with Gasteiger partial charge in [-0.2, -0.15) is 13.2 Å². The van der Waals surface area contributed by atoms with Crippen LogP contribution in [0.4, 0.5) is 18.0 Å². The van der Waals surface area contributed by atoms with Crippen LogP contribution >= 0.6 is 23.2 Å². The predicted molar refractivity (Wildman–Crippen MR) is 143 cm³/mol. The molecule has 3 aromatic rings. The van der Waals surface area contributed by atoms with Crippen LogP contribution in [-0.2, 0) is 11.0 Å². The van der Waals surface area contributed by atoms with Gasteiger partial charge in [0.05, 0.1) is 23.8 Å². The van der Waals surface area contributed by atoms with Crippen LogP contribution in [-0.4, -0.2) is 35.1 Å². The second-order valence-electron chi connectivity index (χ2n) is 8.17. The lowest BCUT2D eigenvalue weighted by molar-refractivity contribution is -0.137. The van der Waals surface area contributed by atoms with Gasteiger partial charge in [0, 0.05) is 16.7 Å². The molecule has 0 spiro atoms. The average Bonchev–Trinajstić information content (AvgIpc) is 3.30.